The molecule has 3 heteroatoms. The fourth-order valence-corrected chi connectivity index (χ4v) is 2.34. The van der Waals surface area contributed by atoms with Gasteiger partial charge in [-0.25, -0.2) is 0 Å². The molecule has 1 rings (SSSR count). The number of hydrogen-bond acceptors (Lipinski definition) is 2. The van der Waals surface area contributed by atoms with Gasteiger partial charge >= 0.3 is 0 Å². The van der Waals surface area contributed by atoms with E-state index in [0.717, 1.165) is 19.1 Å². The minimum Gasteiger partial charge on any atom is -0.380 e. The van der Waals surface area contributed by atoms with Gasteiger partial charge in [-0.15, -0.1) is 11.6 Å². The smallest absolute Gasteiger partial charge is 0.0585 e. The van der Waals surface area contributed by atoms with E-state index in [9.17, 15) is 0 Å². The van der Waals surface area contributed by atoms with Crippen molar-refractivity contribution in [3.63, 3.8) is 0 Å². The fraction of sp³-hybridized carbons (Fsp3) is 1.00. The number of thioether (sulfide) groups is 1. The molecule has 0 amide bonds. The summed E-state index contributed by atoms with van der Waals surface area (Å²) in [6.07, 6.45) is 1.20. The van der Waals surface area contributed by atoms with E-state index in [2.05, 4.69) is 6.92 Å². The second kappa shape index (κ2) is 4.47. The van der Waals surface area contributed by atoms with E-state index in [4.69, 9.17) is 16.3 Å². The Kier molecular flexibility index (Phi) is 3.89. The molecule has 2 unspecified atom stereocenters. The Bertz CT molecular complexity index is 93.6. The maximum absolute atomic E-state index is 5.67. The lowest BCUT2D eigenvalue weighted by Crippen LogP contribution is -2.08. The Morgan fingerprint density at radius 1 is 1.80 bits per heavy atom. The summed E-state index contributed by atoms with van der Waals surface area (Å²) in [6, 6.07) is 0. The zero-order chi connectivity index (χ0) is 7.40. The van der Waals surface area contributed by atoms with Crippen LogP contribution in [0.5, 0.6) is 0 Å². The van der Waals surface area contributed by atoms with Crippen LogP contribution in [-0.2, 0) is 4.74 Å². The topological polar surface area (TPSA) is 9.23 Å². The molecule has 1 aliphatic rings. The summed E-state index contributed by atoms with van der Waals surface area (Å²) in [5, 5.41) is 1.28. The van der Waals surface area contributed by atoms with Crippen LogP contribution in [0.3, 0.4) is 0 Å². The molecule has 60 valence electrons. The number of rotatable bonds is 3. The molecule has 0 N–H and O–H groups in total. The second-order valence-corrected chi connectivity index (χ2v) is 4.64. The molecule has 0 spiro atoms. The number of hydrogen-bond donors (Lipinski definition) is 0. The Labute approximate surface area is 71.5 Å². The van der Waals surface area contributed by atoms with E-state index in [1.54, 1.807) is 0 Å². The van der Waals surface area contributed by atoms with E-state index in [0.29, 0.717) is 10.5 Å². The summed E-state index contributed by atoms with van der Waals surface area (Å²) in [5.74, 6) is 0.751. The van der Waals surface area contributed by atoms with Crippen LogP contribution in [0.2, 0.25) is 0 Å². The average Bonchev–Trinajstić information content (AvgIpc) is 2.40. The van der Waals surface area contributed by atoms with E-state index in [1.807, 2.05) is 11.8 Å². The molecule has 0 aromatic heterocycles. The molecule has 0 radical (unpaired) electrons. The Morgan fingerprint density at radius 3 is 3.10 bits per heavy atom. The van der Waals surface area contributed by atoms with Crippen LogP contribution in [0.15, 0.2) is 0 Å². The molecular weight excluding hydrogens is 168 g/mol. The van der Waals surface area contributed by atoms with Gasteiger partial charge in [0.25, 0.3) is 0 Å². The first-order chi connectivity index (χ1) is 4.83. The van der Waals surface area contributed by atoms with E-state index in [-0.39, 0.29) is 0 Å². The molecule has 0 aliphatic carbocycles. The zero-order valence-electron chi connectivity index (χ0n) is 6.18. The Hall–Kier alpha value is 0.600. The largest absolute Gasteiger partial charge is 0.380 e. The third-order valence-electron chi connectivity index (χ3n) is 1.53. The van der Waals surface area contributed by atoms with Crippen molar-refractivity contribution < 1.29 is 4.74 Å². The lowest BCUT2D eigenvalue weighted by molar-refractivity contribution is 0.199. The fourth-order valence-electron chi connectivity index (χ4n) is 0.985. The molecule has 10 heavy (non-hydrogen) atoms. The number of alkyl halides is 1. The zero-order valence-corrected chi connectivity index (χ0v) is 7.75. The Morgan fingerprint density at radius 2 is 2.60 bits per heavy atom. The molecule has 0 bridgehead atoms. The molecule has 0 aromatic rings. The van der Waals surface area contributed by atoms with Crippen molar-refractivity contribution in [2.24, 2.45) is 0 Å². The van der Waals surface area contributed by atoms with Crippen LogP contribution in [0.25, 0.3) is 0 Å². The molecule has 0 saturated carbocycles. The van der Waals surface area contributed by atoms with Crippen molar-refractivity contribution in [1.82, 2.24) is 0 Å². The SMILES string of the molecule is CC(CCl)SC1CCOC1. The van der Waals surface area contributed by atoms with Crippen molar-refractivity contribution >= 4 is 23.4 Å². The van der Waals surface area contributed by atoms with E-state index in [1.165, 1.54) is 6.42 Å². The van der Waals surface area contributed by atoms with Gasteiger partial charge in [-0.1, -0.05) is 6.92 Å². The van der Waals surface area contributed by atoms with Gasteiger partial charge in [0.15, 0.2) is 0 Å². The standard InChI is InChI=1S/C7H13ClOS/c1-6(4-8)10-7-2-3-9-5-7/h6-7H,2-5H2,1H3. The van der Waals surface area contributed by atoms with Gasteiger partial charge in [0.2, 0.25) is 0 Å². The van der Waals surface area contributed by atoms with Gasteiger partial charge in [0.1, 0.15) is 0 Å². The van der Waals surface area contributed by atoms with Crippen LogP contribution in [0, 0.1) is 0 Å². The highest BCUT2D eigenvalue weighted by Crippen LogP contribution is 2.24. The molecule has 2 atom stereocenters. The van der Waals surface area contributed by atoms with Crippen molar-refractivity contribution in [3.8, 4) is 0 Å². The predicted octanol–water partition coefficient (Wildman–Crippen LogP) is 2.14. The molecule has 1 fully saturated rings. The summed E-state index contributed by atoms with van der Waals surface area (Å²) in [7, 11) is 0. The normalized spacial score (nSPS) is 28.8. The van der Waals surface area contributed by atoms with Crippen LogP contribution >= 0.6 is 23.4 Å². The first kappa shape index (κ1) is 8.69. The van der Waals surface area contributed by atoms with Gasteiger partial charge < -0.3 is 4.74 Å². The van der Waals surface area contributed by atoms with Crippen LogP contribution in [0.4, 0.5) is 0 Å². The number of halogens is 1. The highest BCUT2D eigenvalue weighted by atomic mass is 35.5. The highest BCUT2D eigenvalue weighted by molar-refractivity contribution is 8.00. The van der Waals surface area contributed by atoms with Crippen LogP contribution in [0.1, 0.15) is 13.3 Å². The summed E-state index contributed by atoms with van der Waals surface area (Å²) in [4.78, 5) is 0. The van der Waals surface area contributed by atoms with E-state index >= 15 is 0 Å². The molecule has 1 nitrogen and oxygen atoms in total. The average molecular weight is 181 g/mol. The quantitative estimate of drug-likeness (QED) is 0.616. The van der Waals surface area contributed by atoms with Gasteiger partial charge in [-0.05, 0) is 6.42 Å². The van der Waals surface area contributed by atoms with Gasteiger partial charge in [0, 0.05) is 23.0 Å². The lowest BCUT2D eigenvalue weighted by atomic mass is 10.4. The maximum Gasteiger partial charge on any atom is 0.0585 e. The molecule has 1 aliphatic heterocycles. The minimum absolute atomic E-state index is 0.577. The predicted molar refractivity (Wildman–Crippen MR) is 47.0 cm³/mol. The highest BCUT2D eigenvalue weighted by Gasteiger charge is 2.18. The number of ether oxygens (including phenoxy) is 1. The maximum atomic E-state index is 5.67. The summed E-state index contributed by atoms with van der Waals surface area (Å²) in [5.41, 5.74) is 0. The second-order valence-electron chi connectivity index (χ2n) is 2.59. The van der Waals surface area contributed by atoms with Crippen molar-refractivity contribution in [2.45, 2.75) is 23.8 Å². The minimum atomic E-state index is 0.577. The van der Waals surface area contributed by atoms with Crippen molar-refractivity contribution in [2.75, 3.05) is 19.1 Å². The third kappa shape index (κ3) is 2.69. The molecular formula is C7H13ClOS. The summed E-state index contributed by atoms with van der Waals surface area (Å²) >= 11 is 7.62. The van der Waals surface area contributed by atoms with Crippen LogP contribution in [-0.4, -0.2) is 29.6 Å². The molecule has 1 saturated heterocycles. The van der Waals surface area contributed by atoms with Gasteiger partial charge in [-0.3, -0.25) is 0 Å². The lowest BCUT2D eigenvalue weighted by Gasteiger charge is -2.11. The van der Waals surface area contributed by atoms with Gasteiger partial charge in [0.05, 0.1) is 6.61 Å². The summed E-state index contributed by atoms with van der Waals surface area (Å²) < 4.78 is 5.24. The van der Waals surface area contributed by atoms with Gasteiger partial charge in [-0.2, -0.15) is 11.8 Å². The van der Waals surface area contributed by atoms with Crippen molar-refractivity contribution in [3.05, 3.63) is 0 Å². The van der Waals surface area contributed by atoms with E-state index < -0.39 is 0 Å². The van der Waals surface area contributed by atoms with Crippen LogP contribution < -0.4 is 0 Å². The molecule has 1 heterocycles. The third-order valence-corrected chi connectivity index (χ3v) is 3.56. The monoisotopic (exact) mass is 180 g/mol. The molecule has 0 aromatic carbocycles. The first-order valence-electron chi connectivity index (χ1n) is 3.62. The van der Waals surface area contributed by atoms with Crippen molar-refractivity contribution in [1.29, 1.82) is 0 Å². The summed E-state index contributed by atoms with van der Waals surface area (Å²) in [6.45, 7) is 4.02. The first-order valence-corrected chi connectivity index (χ1v) is 5.10. The Balaban J connectivity index is 2.11.